The van der Waals surface area contributed by atoms with Crippen LogP contribution in [0.15, 0.2) is 71.1 Å². The van der Waals surface area contributed by atoms with Crippen LogP contribution in [0.3, 0.4) is 0 Å². The van der Waals surface area contributed by atoms with Crippen LogP contribution in [0.5, 0.6) is 5.75 Å². The number of amides is 1. The molecule has 1 heterocycles. The summed E-state index contributed by atoms with van der Waals surface area (Å²) in [6, 6.07) is 20.6. The number of hydrogen-bond donors (Lipinski definition) is 1. The van der Waals surface area contributed by atoms with E-state index in [1.54, 1.807) is 12.1 Å². The predicted octanol–water partition coefficient (Wildman–Crippen LogP) is 6.23. The van der Waals surface area contributed by atoms with E-state index in [0.29, 0.717) is 29.5 Å². The molecule has 30 heavy (non-hydrogen) atoms. The van der Waals surface area contributed by atoms with Gasteiger partial charge in [-0.3, -0.25) is 4.79 Å². The first kappa shape index (κ1) is 19.7. The van der Waals surface area contributed by atoms with Crippen LogP contribution in [0, 0.1) is 6.92 Å². The second-order valence-corrected chi connectivity index (χ2v) is 7.25. The van der Waals surface area contributed by atoms with Gasteiger partial charge in [-0.05, 0) is 73.5 Å². The Morgan fingerprint density at radius 3 is 2.70 bits per heavy atom. The molecule has 1 aromatic heterocycles. The summed E-state index contributed by atoms with van der Waals surface area (Å²) in [5.74, 6) is 1.09. The van der Waals surface area contributed by atoms with Crippen molar-refractivity contribution < 1.29 is 13.9 Å². The molecule has 4 rings (SSSR count). The lowest BCUT2D eigenvalue weighted by Gasteiger charge is -2.09. The number of carbonyl (C=O) groups excluding carboxylic acids is 1. The lowest BCUT2D eigenvalue weighted by Crippen LogP contribution is -2.12. The number of benzene rings is 3. The zero-order valence-electron chi connectivity index (χ0n) is 17.1. The molecule has 5 nitrogen and oxygen atoms in total. The number of nitrogens with one attached hydrogen (secondary N) is 1. The number of carbonyl (C=O) groups is 1. The van der Waals surface area contributed by atoms with Crippen LogP contribution < -0.4 is 10.1 Å². The summed E-state index contributed by atoms with van der Waals surface area (Å²) < 4.78 is 11.6. The minimum atomic E-state index is -0.180. The van der Waals surface area contributed by atoms with E-state index in [4.69, 9.17) is 9.15 Å². The van der Waals surface area contributed by atoms with Gasteiger partial charge in [0.2, 0.25) is 5.89 Å². The van der Waals surface area contributed by atoms with Crippen LogP contribution in [0.25, 0.3) is 22.6 Å². The van der Waals surface area contributed by atoms with Crippen molar-refractivity contribution in [2.45, 2.75) is 26.7 Å². The maximum atomic E-state index is 12.6. The topological polar surface area (TPSA) is 64.4 Å². The van der Waals surface area contributed by atoms with Gasteiger partial charge in [0, 0.05) is 16.8 Å². The van der Waals surface area contributed by atoms with Crippen molar-refractivity contribution in [3.63, 3.8) is 0 Å². The third-order valence-corrected chi connectivity index (χ3v) is 4.80. The maximum absolute atomic E-state index is 12.6. The SMILES string of the molecule is CCCCOc1cccc(C(=O)Nc2ccc(-c3nc4ccc(C)cc4o3)cc2)c1. The number of unbranched alkanes of at least 4 members (excludes halogenated alkanes) is 1. The average Bonchev–Trinajstić information content (AvgIpc) is 3.18. The van der Waals surface area contributed by atoms with Crippen LogP contribution in [0.2, 0.25) is 0 Å². The molecule has 3 aromatic carbocycles. The molecule has 0 radical (unpaired) electrons. The van der Waals surface area contributed by atoms with Crippen LogP contribution >= 0.6 is 0 Å². The predicted molar refractivity (Wildman–Crippen MR) is 119 cm³/mol. The monoisotopic (exact) mass is 400 g/mol. The molecule has 0 unspecified atom stereocenters. The van der Waals surface area contributed by atoms with Crippen molar-refractivity contribution >= 4 is 22.7 Å². The van der Waals surface area contributed by atoms with Crippen molar-refractivity contribution in [3.05, 3.63) is 77.9 Å². The summed E-state index contributed by atoms with van der Waals surface area (Å²) in [6.07, 6.45) is 2.06. The van der Waals surface area contributed by atoms with Crippen LogP contribution in [-0.4, -0.2) is 17.5 Å². The molecule has 0 aliphatic carbocycles. The van der Waals surface area contributed by atoms with Crippen LogP contribution in [0.1, 0.15) is 35.7 Å². The number of rotatable bonds is 7. The molecular weight excluding hydrogens is 376 g/mol. The van der Waals surface area contributed by atoms with E-state index in [9.17, 15) is 4.79 Å². The lowest BCUT2D eigenvalue weighted by molar-refractivity contribution is 0.102. The Balaban J connectivity index is 1.45. The Hall–Kier alpha value is -3.60. The number of anilines is 1. The number of aromatic nitrogens is 1. The highest BCUT2D eigenvalue weighted by atomic mass is 16.5. The summed E-state index contributed by atoms with van der Waals surface area (Å²) >= 11 is 0. The van der Waals surface area contributed by atoms with Gasteiger partial charge in [-0.2, -0.15) is 0 Å². The van der Waals surface area contributed by atoms with Gasteiger partial charge in [-0.1, -0.05) is 25.5 Å². The molecule has 0 saturated carbocycles. The number of aryl methyl sites for hydroxylation is 1. The Kier molecular flexibility index (Phi) is 5.80. The van der Waals surface area contributed by atoms with Gasteiger partial charge in [0.1, 0.15) is 11.3 Å². The van der Waals surface area contributed by atoms with Gasteiger partial charge in [0.15, 0.2) is 5.58 Å². The third kappa shape index (κ3) is 4.51. The number of oxazole rings is 1. The van der Waals surface area contributed by atoms with Crippen molar-refractivity contribution in [2.75, 3.05) is 11.9 Å². The molecular formula is C25H24N2O3. The summed E-state index contributed by atoms with van der Waals surface area (Å²) in [4.78, 5) is 17.1. The molecule has 0 atom stereocenters. The highest BCUT2D eigenvalue weighted by Gasteiger charge is 2.10. The van der Waals surface area contributed by atoms with Gasteiger partial charge in [-0.25, -0.2) is 4.98 Å². The van der Waals surface area contributed by atoms with Crippen LogP contribution in [-0.2, 0) is 0 Å². The maximum Gasteiger partial charge on any atom is 0.255 e. The van der Waals surface area contributed by atoms with E-state index in [1.807, 2.05) is 61.5 Å². The standard InChI is InChI=1S/C25H24N2O3/c1-3-4-14-29-21-7-5-6-19(16-21)24(28)26-20-11-9-18(10-12-20)25-27-22-13-8-17(2)15-23(22)30-25/h5-13,15-16H,3-4,14H2,1-2H3,(H,26,28). The first-order chi connectivity index (χ1) is 14.6. The minimum Gasteiger partial charge on any atom is -0.494 e. The zero-order chi connectivity index (χ0) is 20.9. The van der Waals surface area contributed by atoms with Crippen molar-refractivity contribution in [2.24, 2.45) is 0 Å². The van der Waals surface area contributed by atoms with Gasteiger partial charge in [0.25, 0.3) is 5.91 Å². The normalized spacial score (nSPS) is 10.9. The smallest absolute Gasteiger partial charge is 0.255 e. The van der Waals surface area contributed by atoms with Gasteiger partial charge >= 0.3 is 0 Å². The summed E-state index contributed by atoms with van der Waals surface area (Å²) in [5.41, 5.74) is 4.84. The number of ether oxygens (including phenoxy) is 1. The van der Waals surface area contributed by atoms with E-state index >= 15 is 0 Å². The molecule has 152 valence electrons. The van der Waals surface area contributed by atoms with Gasteiger partial charge < -0.3 is 14.5 Å². The summed E-state index contributed by atoms with van der Waals surface area (Å²) in [5, 5.41) is 2.92. The highest BCUT2D eigenvalue weighted by Crippen LogP contribution is 2.26. The molecule has 1 N–H and O–H groups in total. The van der Waals surface area contributed by atoms with Crippen molar-refractivity contribution in [3.8, 4) is 17.2 Å². The van der Waals surface area contributed by atoms with E-state index in [2.05, 4.69) is 17.2 Å². The molecule has 4 aromatic rings. The van der Waals surface area contributed by atoms with Crippen molar-refractivity contribution in [1.82, 2.24) is 4.98 Å². The lowest BCUT2D eigenvalue weighted by atomic mass is 10.1. The van der Waals surface area contributed by atoms with E-state index < -0.39 is 0 Å². The minimum absolute atomic E-state index is 0.180. The summed E-state index contributed by atoms with van der Waals surface area (Å²) in [7, 11) is 0. The van der Waals surface area contributed by atoms with E-state index in [0.717, 1.165) is 35.1 Å². The third-order valence-electron chi connectivity index (χ3n) is 4.80. The first-order valence-corrected chi connectivity index (χ1v) is 10.1. The molecule has 0 fully saturated rings. The number of hydrogen-bond acceptors (Lipinski definition) is 4. The quantitative estimate of drug-likeness (QED) is 0.373. The molecule has 5 heteroatoms. The first-order valence-electron chi connectivity index (χ1n) is 10.1. The Morgan fingerprint density at radius 2 is 1.90 bits per heavy atom. The molecule has 0 aliphatic rings. The Labute approximate surface area is 175 Å². The zero-order valence-corrected chi connectivity index (χ0v) is 17.1. The molecule has 0 bridgehead atoms. The molecule has 0 aliphatic heterocycles. The fourth-order valence-electron chi connectivity index (χ4n) is 3.12. The second kappa shape index (κ2) is 8.82. The fourth-order valence-corrected chi connectivity index (χ4v) is 3.12. The largest absolute Gasteiger partial charge is 0.494 e. The second-order valence-electron chi connectivity index (χ2n) is 7.25. The van der Waals surface area contributed by atoms with E-state index in [-0.39, 0.29) is 5.91 Å². The van der Waals surface area contributed by atoms with Crippen molar-refractivity contribution in [1.29, 1.82) is 0 Å². The molecule has 1 amide bonds. The van der Waals surface area contributed by atoms with Gasteiger partial charge in [-0.15, -0.1) is 0 Å². The van der Waals surface area contributed by atoms with Crippen LogP contribution in [0.4, 0.5) is 5.69 Å². The van der Waals surface area contributed by atoms with Gasteiger partial charge in [0.05, 0.1) is 6.61 Å². The fraction of sp³-hybridized carbons (Fsp3) is 0.200. The molecule has 0 saturated heterocycles. The number of fused-ring (bicyclic) bond motifs is 1. The summed E-state index contributed by atoms with van der Waals surface area (Å²) in [6.45, 7) is 4.79. The highest BCUT2D eigenvalue weighted by molar-refractivity contribution is 6.04. The van der Waals surface area contributed by atoms with E-state index in [1.165, 1.54) is 0 Å². The number of nitrogens with zero attached hydrogens (tertiary/aromatic N) is 1. The Bertz CT molecular complexity index is 1160. The molecule has 0 spiro atoms. The average molecular weight is 400 g/mol. The Morgan fingerprint density at radius 1 is 1.07 bits per heavy atom.